The Hall–Kier alpha value is -1.06. The lowest BCUT2D eigenvalue weighted by Crippen LogP contribution is -2.14. The molecule has 1 rings (SSSR count). The van der Waals surface area contributed by atoms with Crippen LogP contribution in [0.25, 0.3) is 0 Å². The third kappa shape index (κ3) is 4.64. The molecule has 1 aromatic heterocycles. The highest BCUT2D eigenvalue weighted by atomic mass is 16.5. The van der Waals surface area contributed by atoms with E-state index in [0.29, 0.717) is 6.61 Å². The minimum atomic E-state index is 0.619. The lowest BCUT2D eigenvalue weighted by Gasteiger charge is -2.04. The molecule has 3 heteroatoms. The molecule has 0 amide bonds. The normalized spacial score (nSPS) is 10.6. The molecule has 16 heavy (non-hydrogen) atoms. The molecular weight excluding hydrogens is 202 g/mol. The number of hydrogen-bond donors (Lipinski definition) is 1. The van der Waals surface area contributed by atoms with Crippen molar-refractivity contribution >= 4 is 0 Å². The molecule has 0 aliphatic carbocycles. The van der Waals surface area contributed by atoms with Gasteiger partial charge in [-0.2, -0.15) is 0 Å². The molecule has 0 radical (unpaired) electrons. The molecule has 1 N–H and O–H groups in total. The Labute approximate surface area is 97.5 Å². The molecule has 0 aliphatic rings. The van der Waals surface area contributed by atoms with Crippen molar-refractivity contribution in [2.24, 2.45) is 0 Å². The van der Waals surface area contributed by atoms with Gasteiger partial charge in [0.25, 0.3) is 0 Å². The summed E-state index contributed by atoms with van der Waals surface area (Å²) in [4.78, 5) is 0. The van der Waals surface area contributed by atoms with Crippen LogP contribution in [0.1, 0.15) is 31.1 Å². The van der Waals surface area contributed by atoms with E-state index in [1.807, 2.05) is 12.1 Å². The van der Waals surface area contributed by atoms with Crippen LogP contribution in [0.2, 0.25) is 0 Å². The summed E-state index contributed by atoms with van der Waals surface area (Å²) >= 11 is 0. The first-order chi connectivity index (χ1) is 7.88. The highest BCUT2D eigenvalue weighted by molar-refractivity contribution is 5.15. The standard InChI is InChI=1S/C13H21NO2/c1-3-5-8-15-11-12-6-9-16-13(12)10-14-7-4-2/h3,6,9,14H,1,4-5,7-8,10-11H2,2H3. The first-order valence-corrected chi connectivity index (χ1v) is 5.83. The van der Waals surface area contributed by atoms with Gasteiger partial charge >= 0.3 is 0 Å². The van der Waals surface area contributed by atoms with Crippen molar-refractivity contribution in [3.8, 4) is 0 Å². The van der Waals surface area contributed by atoms with Crippen LogP contribution in [0.4, 0.5) is 0 Å². The van der Waals surface area contributed by atoms with Crippen molar-refractivity contribution in [1.82, 2.24) is 5.32 Å². The van der Waals surface area contributed by atoms with Gasteiger partial charge in [0.05, 0.1) is 26.0 Å². The van der Waals surface area contributed by atoms with Crippen molar-refractivity contribution in [1.29, 1.82) is 0 Å². The number of nitrogens with one attached hydrogen (secondary N) is 1. The number of rotatable bonds is 9. The first kappa shape index (κ1) is 13.0. The maximum atomic E-state index is 5.51. The molecule has 90 valence electrons. The van der Waals surface area contributed by atoms with Crippen LogP contribution in [0.15, 0.2) is 29.4 Å². The van der Waals surface area contributed by atoms with Crippen LogP contribution in [0, 0.1) is 0 Å². The maximum absolute atomic E-state index is 5.51. The van der Waals surface area contributed by atoms with Gasteiger partial charge in [-0.05, 0) is 25.5 Å². The van der Waals surface area contributed by atoms with Crippen LogP contribution in [-0.2, 0) is 17.9 Å². The van der Waals surface area contributed by atoms with Gasteiger partial charge in [-0.3, -0.25) is 0 Å². The minimum absolute atomic E-state index is 0.619. The molecule has 1 heterocycles. The predicted octanol–water partition coefficient (Wildman–Crippen LogP) is 2.87. The summed E-state index contributed by atoms with van der Waals surface area (Å²) in [5.41, 5.74) is 1.13. The van der Waals surface area contributed by atoms with E-state index in [-0.39, 0.29) is 0 Å². The highest BCUT2D eigenvalue weighted by Crippen LogP contribution is 2.11. The summed E-state index contributed by atoms with van der Waals surface area (Å²) in [7, 11) is 0. The smallest absolute Gasteiger partial charge is 0.123 e. The van der Waals surface area contributed by atoms with Gasteiger partial charge in [0.15, 0.2) is 0 Å². The third-order valence-electron chi connectivity index (χ3n) is 2.27. The van der Waals surface area contributed by atoms with Crippen molar-refractivity contribution in [2.45, 2.75) is 32.9 Å². The van der Waals surface area contributed by atoms with Gasteiger partial charge < -0.3 is 14.5 Å². The summed E-state index contributed by atoms with van der Waals surface area (Å²) < 4.78 is 10.9. The van der Waals surface area contributed by atoms with E-state index < -0.39 is 0 Å². The monoisotopic (exact) mass is 223 g/mol. The minimum Gasteiger partial charge on any atom is -0.468 e. The molecule has 0 fully saturated rings. The summed E-state index contributed by atoms with van der Waals surface area (Å²) in [6.45, 7) is 8.93. The SMILES string of the molecule is C=CCCOCc1ccoc1CNCCC. The number of hydrogen-bond acceptors (Lipinski definition) is 3. The van der Waals surface area contributed by atoms with E-state index in [1.165, 1.54) is 0 Å². The Kier molecular flexibility index (Phi) is 6.61. The lowest BCUT2D eigenvalue weighted by atomic mass is 10.2. The van der Waals surface area contributed by atoms with E-state index in [0.717, 1.165) is 43.9 Å². The molecule has 0 aliphatic heterocycles. The average Bonchev–Trinajstić information content (AvgIpc) is 2.73. The van der Waals surface area contributed by atoms with Gasteiger partial charge in [-0.25, -0.2) is 0 Å². The van der Waals surface area contributed by atoms with E-state index in [1.54, 1.807) is 6.26 Å². The number of furan rings is 1. The van der Waals surface area contributed by atoms with Gasteiger partial charge in [0.1, 0.15) is 5.76 Å². The van der Waals surface area contributed by atoms with Crippen molar-refractivity contribution in [3.05, 3.63) is 36.3 Å². The maximum Gasteiger partial charge on any atom is 0.123 e. The van der Waals surface area contributed by atoms with Crippen LogP contribution in [0.3, 0.4) is 0 Å². The van der Waals surface area contributed by atoms with Crippen molar-refractivity contribution in [2.75, 3.05) is 13.2 Å². The van der Waals surface area contributed by atoms with Gasteiger partial charge in [-0.15, -0.1) is 6.58 Å². The third-order valence-corrected chi connectivity index (χ3v) is 2.27. The molecule has 0 unspecified atom stereocenters. The van der Waals surface area contributed by atoms with Crippen LogP contribution >= 0.6 is 0 Å². The molecule has 0 saturated carbocycles. The van der Waals surface area contributed by atoms with Gasteiger partial charge in [-0.1, -0.05) is 13.0 Å². The van der Waals surface area contributed by atoms with Crippen LogP contribution < -0.4 is 5.32 Å². The molecule has 1 aromatic rings. The Morgan fingerprint density at radius 3 is 3.19 bits per heavy atom. The van der Waals surface area contributed by atoms with Gasteiger partial charge in [0.2, 0.25) is 0 Å². The quantitative estimate of drug-likeness (QED) is 0.516. The average molecular weight is 223 g/mol. The van der Waals surface area contributed by atoms with E-state index in [2.05, 4.69) is 18.8 Å². The fourth-order valence-corrected chi connectivity index (χ4v) is 1.38. The zero-order valence-electron chi connectivity index (χ0n) is 10.00. The largest absolute Gasteiger partial charge is 0.468 e. The van der Waals surface area contributed by atoms with Crippen LogP contribution in [0.5, 0.6) is 0 Å². The Morgan fingerprint density at radius 2 is 2.44 bits per heavy atom. The Morgan fingerprint density at radius 1 is 1.56 bits per heavy atom. The van der Waals surface area contributed by atoms with Gasteiger partial charge in [0, 0.05) is 5.56 Å². The van der Waals surface area contributed by atoms with Crippen LogP contribution in [-0.4, -0.2) is 13.2 Å². The topological polar surface area (TPSA) is 34.4 Å². The number of ether oxygens (including phenoxy) is 1. The molecule has 3 nitrogen and oxygen atoms in total. The van der Waals surface area contributed by atoms with Crippen molar-refractivity contribution < 1.29 is 9.15 Å². The summed E-state index contributed by atoms with van der Waals surface area (Å²) in [5.74, 6) is 0.979. The zero-order valence-corrected chi connectivity index (χ0v) is 10.00. The lowest BCUT2D eigenvalue weighted by molar-refractivity contribution is 0.124. The molecule has 0 saturated heterocycles. The molecule has 0 atom stereocenters. The Bertz CT molecular complexity index is 294. The molecule has 0 spiro atoms. The highest BCUT2D eigenvalue weighted by Gasteiger charge is 2.05. The zero-order chi connectivity index (χ0) is 11.6. The predicted molar refractivity (Wildman–Crippen MR) is 65.2 cm³/mol. The summed E-state index contributed by atoms with van der Waals surface area (Å²) in [6, 6.07) is 1.97. The van der Waals surface area contributed by atoms with Crippen molar-refractivity contribution in [3.63, 3.8) is 0 Å². The molecule has 0 aromatic carbocycles. The Balaban J connectivity index is 2.29. The molecule has 0 bridgehead atoms. The first-order valence-electron chi connectivity index (χ1n) is 5.83. The summed E-state index contributed by atoms with van der Waals surface area (Å²) in [6.07, 6.45) is 5.60. The fourth-order valence-electron chi connectivity index (χ4n) is 1.38. The molecular formula is C13H21NO2. The summed E-state index contributed by atoms with van der Waals surface area (Å²) in [5, 5.41) is 3.31. The van der Waals surface area contributed by atoms with E-state index >= 15 is 0 Å². The second-order valence-corrected chi connectivity index (χ2v) is 3.68. The van der Waals surface area contributed by atoms with E-state index in [9.17, 15) is 0 Å². The van der Waals surface area contributed by atoms with E-state index in [4.69, 9.17) is 9.15 Å². The second-order valence-electron chi connectivity index (χ2n) is 3.68. The fraction of sp³-hybridized carbons (Fsp3) is 0.538. The second kappa shape index (κ2) is 8.13.